The van der Waals surface area contributed by atoms with Gasteiger partial charge in [-0.1, -0.05) is 41.9 Å². The standard InChI is InChI=1S/C20H18ClNO4/c1-14-11-16(7-9-18(14)21)24-13-17-8-10-19(26-17)20(23)22-25-12-15-5-3-2-4-6-15/h2-11H,12-13H2,1H3,(H,22,23). The fourth-order valence-corrected chi connectivity index (χ4v) is 2.37. The van der Waals surface area contributed by atoms with Gasteiger partial charge in [0.05, 0.1) is 6.61 Å². The molecule has 6 heteroatoms. The predicted octanol–water partition coefficient (Wildman–Crippen LogP) is 4.68. The fourth-order valence-electron chi connectivity index (χ4n) is 2.25. The van der Waals surface area contributed by atoms with Crippen molar-refractivity contribution in [1.29, 1.82) is 0 Å². The minimum Gasteiger partial charge on any atom is -0.486 e. The number of hydrogen-bond donors (Lipinski definition) is 1. The van der Waals surface area contributed by atoms with E-state index in [1.807, 2.05) is 43.3 Å². The zero-order valence-corrected chi connectivity index (χ0v) is 15.0. The molecule has 0 aliphatic carbocycles. The Labute approximate surface area is 156 Å². The summed E-state index contributed by atoms with van der Waals surface area (Å²) < 4.78 is 11.1. The lowest BCUT2D eigenvalue weighted by Crippen LogP contribution is -2.23. The maximum absolute atomic E-state index is 12.0. The molecule has 0 aliphatic heterocycles. The van der Waals surface area contributed by atoms with E-state index >= 15 is 0 Å². The largest absolute Gasteiger partial charge is 0.486 e. The zero-order valence-electron chi connectivity index (χ0n) is 14.2. The van der Waals surface area contributed by atoms with Crippen LogP contribution in [0.15, 0.2) is 65.1 Å². The van der Waals surface area contributed by atoms with Crippen LogP contribution in [0.2, 0.25) is 5.02 Å². The molecule has 3 rings (SSSR count). The topological polar surface area (TPSA) is 60.7 Å². The molecule has 0 unspecified atom stereocenters. The maximum Gasteiger partial charge on any atom is 0.310 e. The highest BCUT2D eigenvalue weighted by Crippen LogP contribution is 2.22. The van der Waals surface area contributed by atoms with Crippen molar-refractivity contribution < 1.29 is 18.8 Å². The number of nitrogens with one attached hydrogen (secondary N) is 1. The summed E-state index contributed by atoms with van der Waals surface area (Å²) in [7, 11) is 0. The summed E-state index contributed by atoms with van der Waals surface area (Å²) in [6.07, 6.45) is 0. The molecule has 2 aromatic carbocycles. The van der Waals surface area contributed by atoms with Crippen LogP contribution in [0.5, 0.6) is 5.75 Å². The van der Waals surface area contributed by atoms with Crippen LogP contribution in [-0.2, 0) is 18.1 Å². The van der Waals surface area contributed by atoms with Gasteiger partial charge in [-0.15, -0.1) is 0 Å². The summed E-state index contributed by atoms with van der Waals surface area (Å²) in [5.41, 5.74) is 4.25. The van der Waals surface area contributed by atoms with Crippen molar-refractivity contribution in [3.8, 4) is 5.75 Å². The van der Waals surface area contributed by atoms with Crippen molar-refractivity contribution in [3.63, 3.8) is 0 Å². The number of hydroxylamine groups is 1. The third-order valence-corrected chi connectivity index (χ3v) is 4.07. The van der Waals surface area contributed by atoms with E-state index in [0.717, 1.165) is 11.1 Å². The van der Waals surface area contributed by atoms with Gasteiger partial charge in [0.25, 0.3) is 0 Å². The third-order valence-electron chi connectivity index (χ3n) is 3.64. The van der Waals surface area contributed by atoms with Gasteiger partial charge in [0, 0.05) is 5.02 Å². The van der Waals surface area contributed by atoms with Gasteiger partial charge >= 0.3 is 5.91 Å². The Hall–Kier alpha value is -2.76. The number of benzene rings is 2. The van der Waals surface area contributed by atoms with E-state index < -0.39 is 5.91 Å². The summed E-state index contributed by atoms with van der Waals surface area (Å²) in [5.74, 6) is 0.921. The van der Waals surface area contributed by atoms with E-state index in [1.54, 1.807) is 24.3 Å². The Bertz CT molecular complexity index is 877. The molecule has 0 radical (unpaired) electrons. The normalized spacial score (nSPS) is 10.5. The summed E-state index contributed by atoms with van der Waals surface area (Å²) in [6.45, 7) is 2.39. The number of furan rings is 1. The molecule has 0 bridgehead atoms. The van der Waals surface area contributed by atoms with Crippen LogP contribution in [0, 0.1) is 6.92 Å². The van der Waals surface area contributed by atoms with Crippen LogP contribution in [0.1, 0.15) is 27.4 Å². The highest BCUT2D eigenvalue weighted by atomic mass is 35.5. The van der Waals surface area contributed by atoms with Crippen molar-refractivity contribution in [3.05, 3.63) is 88.3 Å². The zero-order chi connectivity index (χ0) is 18.4. The average Bonchev–Trinajstić information content (AvgIpc) is 3.13. The monoisotopic (exact) mass is 371 g/mol. The molecule has 26 heavy (non-hydrogen) atoms. The number of aryl methyl sites for hydroxylation is 1. The Balaban J connectivity index is 1.48. The van der Waals surface area contributed by atoms with Gasteiger partial charge < -0.3 is 9.15 Å². The number of ether oxygens (including phenoxy) is 1. The molecule has 1 amide bonds. The van der Waals surface area contributed by atoms with Crippen molar-refractivity contribution >= 4 is 17.5 Å². The first-order valence-electron chi connectivity index (χ1n) is 8.05. The van der Waals surface area contributed by atoms with Crippen LogP contribution in [0.25, 0.3) is 0 Å². The van der Waals surface area contributed by atoms with Gasteiger partial charge in [0.2, 0.25) is 0 Å². The summed E-state index contributed by atoms with van der Waals surface area (Å²) in [6, 6.07) is 18.2. The predicted molar refractivity (Wildman–Crippen MR) is 97.9 cm³/mol. The minimum atomic E-state index is -0.450. The molecular weight excluding hydrogens is 354 g/mol. The third kappa shape index (κ3) is 4.88. The smallest absolute Gasteiger partial charge is 0.310 e. The molecular formula is C20H18ClNO4. The number of amides is 1. The molecule has 134 valence electrons. The lowest BCUT2D eigenvalue weighted by atomic mass is 10.2. The summed E-state index contributed by atoms with van der Waals surface area (Å²) in [5, 5.41) is 0.685. The molecule has 3 aromatic rings. The highest BCUT2D eigenvalue weighted by molar-refractivity contribution is 6.31. The molecule has 0 saturated carbocycles. The Morgan fingerprint density at radius 2 is 1.88 bits per heavy atom. The molecule has 1 heterocycles. The molecule has 0 saturated heterocycles. The second-order valence-electron chi connectivity index (χ2n) is 5.67. The van der Waals surface area contributed by atoms with Crippen molar-refractivity contribution in [2.45, 2.75) is 20.1 Å². The van der Waals surface area contributed by atoms with Crippen LogP contribution in [-0.4, -0.2) is 5.91 Å². The van der Waals surface area contributed by atoms with Crippen molar-refractivity contribution in [2.75, 3.05) is 0 Å². The highest BCUT2D eigenvalue weighted by Gasteiger charge is 2.12. The van der Waals surface area contributed by atoms with Crippen molar-refractivity contribution in [2.24, 2.45) is 0 Å². The van der Waals surface area contributed by atoms with Gasteiger partial charge in [0.15, 0.2) is 5.76 Å². The second-order valence-corrected chi connectivity index (χ2v) is 6.08. The lowest BCUT2D eigenvalue weighted by Gasteiger charge is -2.06. The van der Waals surface area contributed by atoms with E-state index in [9.17, 15) is 4.79 Å². The fraction of sp³-hybridized carbons (Fsp3) is 0.150. The number of rotatable bonds is 7. The van der Waals surface area contributed by atoms with Crippen LogP contribution < -0.4 is 10.2 Å². The van der Waals surface area contributed by atoms with E-state index in [-0.39, 0.29) is 19.0 Å². The van der Waals surface area contributed by atoms with Gasteiger partial charge in [-0.25, -0.2) is 5.48 Å². The lowest BCUT2D eigenvalue weighted by molar-refractivity contribution is 0.0210. The SMILES string of the molecule is Cc1cc(OCc2ccc(C(=O)NOCc3ccccc3)o2)ccc1Cl. The molecule has 0 atom stereocenters. The Kier molecular flexibility index (Phi) is 5.94. The van der Waals surface area contributed by atoms with Gasteiger partial charge in [-0.2, -0.15) is 0 Å². The quantitative estimate of drug-likeness (QED) is 0.612. The molecule has 5 nitrogen and oxygen atoms in total. The van der Waals surface area contributed by atoms with Crippen LogP contribution in [0.4, 0.5) is 0 Å². The second kappa shape index (κ2) is 8.56. The van der Waals surface area contributed by atoms with Gasteiger partial charge in [-0.3, -0.25) is 9.63 Å². The maximum atomic E-state index is 12.0. The minimum absolute atomic E-state index is 0.156. The summed E-state index contributed by atoms with van der Waals surface area (Å²) in [4.78, 5) is 17.2. The van der Waals surface area contributed by atoms with Gasteiger partial charge in [0.1, 0.15) is 18.1 Å². The van der Waals surface area contributed by atoms with Crippen molar-refractivity contribution in [1.82, 2.24) is 5.48 Å². The van der Waals surface area contributed by atoms with Crippen LogP contribution in [0.3, 0.4) is 0 Å². The Morgan fingerprint density at radius 3 is 2.65 bits per heavy atom. The first-order valence-corrected chi connectivity index (χ1v) is 8.43. The Morgan fingerprint density at radius 1 is 1.08 bits per heavy atom. The number of halogens is 1. The van der Waals surface area contributed by atoms with Gasteiger partial charge in [-0.05, 0) is 48.4 Å². The molecule has 0 aliphatic rings. The van der Waals surface area contributed by atoms with E-state index in [0.29, 0.717) is 16.5 Å². The van der Waals surface area contributed by atoms with E-state index in [4.69, 9.17) is 25.6 Å². The van der Waals surface area contributed by atoms with Crippen LogP contribution >= 0.6 is 11.6 Å². The van der Waals surface area contributed by atoms with E-state index in [2.05, 4.69) is 5.48 Å². The molecule has 0 fully saturated rings. The van der Waals surface area contributed by atoms with E-state index in [1.165, 1.54) is 0 Å². The molecule has 0 spiro atoms. The number of hydrogen-bond acceptors (Lipinski definition) is 4. The first kappa shape index (κ1) is 18.0. The number of carbonyl (C=O) groups excluding carboxylic acids is 1. The first-order chi connectivity index (χ1) is 12.6. The summed E-state index contributed by atoms with van der Waals surface area (Å²) >= 11 is 5.99. The molecule has 1 aromatic heterocycles. The average molecular weight is 372 g/mol. The number of carbonyl (C=O) groups is 1. The molecule has 1 N–H and O–H groups in total.